The monoisotopic (exact) mass is 416 g/mol. The van der Waals surface area contributed by atoms with E-state index < -0.39 is 15.9 Å². The van der Waals surface area contributed by atoms with E-state index in [0.29, 0.717) is 11.4 Å². The largest absolute Gasteiger partial charge is 0.322 e. The number of carbonyl (C=O) groups is 1. The van der Waals surface area contributed by atoms with E-state index >= 15 is 0 Å². The minimum absolute atomic E-state index is 0.194. The molecule has 0 radical (unpaired) electrons. The molecule has 23 heavy (non-hydrogen) atoms. The molecule has 0 aliphatic rings. The molecule has 0 saturated heterocycles. The molecule has 2 aromatic rings. The molecule has 0 unspecified atom stereocenters. The first kappa shape index (κ1) is 17.8. The zero-order valence-corrected chi connectivity index (χ0v) is 15.5. The molecule has 0 aliphatic heterocycles. The molecule has 0 aromatic heterocycles. The van der Waals surface area contributed by atoms with Crippen LogP contribution in [0.5, 0.6) is 0 Å². The average Bonchev–Trinajstić information content (AvgIpc) is 2.46. The number of halogens is 2. The quantitative estimate of drug-likeness (QED) is 0.824. The van der Waals surface area contributed by atoms with Gasteiger partial charge in [0.1, 0.15) is 0 Å². The Morgan fingerprint density at radius 3 is 2.52 bits per heavy atom. The lowest BCUT2D eigenvalue weighted by Gasteiger charge is -2.18. The Kier molecular flexibility index (Phi) is 5.33. The van der Waals surface area contributed by atoms with Crippen molar-refractivity contribution in [1.29, 1.82) is 0 Å². The van der Waals surface area contributed by atoms with Crippen LogP contribution in [0.25, 0.3) is 0 Å². The Balaban J connectivity index is 2.33. The molecule has 2 aromatic carbocycles. The summed E-state index contributed by atoms with van der Waals surface area (Å²) in [5.74, 6) is -0.420. The van der Waals surface area contributed by atoms with Gasteiger partial charge < -0.3 is 5.32 Å². The average molecular weight is 418 g/mol. The number of benzene rings is 2. The van der Waals surface area contributed by atoms with Crippen LogP contribution in [0.2, 0.25) is 5.02 Å². The molecular weight excluding hydrogens is 404 g/mol. The van der Waals surface area contributed by atoms with Crippen molar-refractivity contribution in [3.63, 3.8) is 0 Å². The van der Waals surface area contributed by atoms with Crippen LogP contribution in [-0.2, 0) is 10.0 Å². The summed E-state index contributed by atoms with van der Waals surface area (Å²) in [6, 6.07) is 11.6. The highest BCUT2D eigenvalue weighted by molar-refractivity contribution is 9.10. The summed E-state index contributed by atoms with van der Waals surface area (Å²) in [5.41, 5.74) is 1.15. The van der Waals surface area contributed by atoms with Crippen LogP contribution >= 0.6 is 27.5 Å². The zero-order valence-electron chi connectivity index (χ0n) is 12.4. The lowest BCUT2D eigenvalue weighted by atomic mass is 10.1. The first-order chi connectivity index (χ1) is 10.7. The Morgan fingerprint density at radius 1 is 1.22 bits per heavy atom. The molecule has 122 valence electrons. The van der Waals surface area contributed by atoms with Crippen LogP contribution in [0, 0.1) is 0 Å². The van der Waals surface area contributed by atoms with Crippen LogP contribution in [0.3, 0.4) is 0 Å². The van der Waals surface area contributed by atoms with E-state index in [2.05, 4.69) is 21.2 Å². The number of sulfonamides is 1. The second-order valence-electron chi connectivity index (χ2n) is 4.86. The fourth-order valence-electron chi connectivity index (χ4n) is 1.84. The SMILES string of the molecule is CN(c1ccc(Cl)c(C(=O)Nc2cccc(Br)c2)c1)S(C)(=O)=O. The fourth-order valence-corrected chi connectivity index (χ4v) is 2.94. The topological polar surface area (TPSA) is 66.5 Å². The normalized spacial score (nSPS) is 11.1. The van der Waals surface area contributed by atoms with Crippen molar-refractivity contribution in [2.24, 2.45) is 0 Å². The molecule has 0 spiro atoms. The van der Waals surface area contributed by atoms with E-state index in [0.717, 1.165) is 15.0 Å². The summed E-state index contributed by atoms with van der Waals surface area (Å²) in [5, 5.41) is 2.96. The Labute approximate surface area is 148 Å². The summed E-state index contributed by atoms with van der Waals surface area (Å²) < 4.78 is 25.1. The predicted octanol–water partition coefficient (Wildman–Crippen LogP) is 3.75. The summed E-state index contributed by atoms with van der Waals surface area (Å²) in [6.45, 7) is 0. The van der Waals surface area contributed by atoms with Crippen molar-refractivity contribution in [3.8, 4) is 0 Å². The molecule has 0 atom stereocenters. The third kappa shape index (κ3) is 4.46. The molecule has 8 heteroatoms. The van der Waals surface area contributed by atoms with Gasteiger partial charge in [0.15, 0.2) is 0 Å². The minimum Gasteiger partial charge on any atom is -0.322 e. The summed E-state index contributed by atoms with van der Waals surface area (Å²) >= 11 is 9.39. The molecule has 1 N–H and O–H groups in total. The number of amides is 1. The van der Waals surface area contributed by atoms with Gasteiger partial charge in [-0.3, -0.25) is 9.10 Å². The maximum atomic E-state index is 12.4. The van der Waals surface area contributed by atoms with Gasteiger partial charge in [-0.2, -0.15) is 0 Å². The highest BCUT2D eigenvalue weighted by atomic mass is 79.9. The van der Waals surface area contributed by atoms with Gasteiger partial charge in [-0.1, -0.05) is 33.6 Å². The molecule has 5 nitrogen and oxygen atoms in total. The zero-order chi connectivity index (χ0) is 17.2. The minimum atomic E-state index is -3.42. The van der Waals surface area contributed by atoms with Crippen LogP contribution in [-0.4, -0.2) is 27.6 Å². The maximum absolute atomic E-state index is 12.4. The number of nitrogens with zero attached hydrogens (tertiary/aromatic N) is 1. The molecular formula is C15H14BrClN2O3S. The van der Waals surface area contributed by atoms with Crippen molar-refractivity contribution in [2.45, 2.75) is 0 Å². The predicted molar refractivity (Wildman–Crippen MR) is 96.8 cm³/mol. The standard InChI is InChI=1S/C15H14BrClN2O3S/c1-19(23(2,21)22)12-6-7-14(17)13(9-12)15(20)18-11-5-3-4-10(16)8-11/h3-9H,1-2H3,(H,18,20). The van der Waals surface area contributed by atoms with Gasteiger partial charge in [0.25, 0.3) is 5.91 Å². The lowest BCUT2D eigenvalue weighted by molar-refractivity contribution is 0.102. The number of carbonyl (C=O) groups excluding carboxylic acids is 1. The number of rotatable bonds is 4. The molecule has 0 saturated carbocycles. The Morgan fingerprint density at radius 2 is 1.91 bits per heavy atom. The molecule has 0 bridgehead atoms. The van der Waals surface area contributed by atoms with E-state index in [1.54, 1.807) is 24.3 Å². The second kappa shape index (κ2) is 6.90. The first-order valence-corrected chi connectivity index (χ1v) is 9.51. The maximum Gasteiger partial charge on any atom is 0.257 e. The van der Waals surface area contributed by atoms with E-state index in [9.17, 15) is 13.2 Å². The molecule has 2 rings (SSSR count). The summed E-state index contributed by atoms with van der Waals surface area (Å²) in [7, 11) is -2.01. The van der Waals surface area contributed by atoms with E-state index in [1.807, 2.05) is 6.07 Å². The van der Waals surface area contributed by atoms with Gasteiger partial charge in [0.2, 0.25) is 10.0 Å². The molecule has 0 heterocycles. The summed E-state index contributed by atoms with van der Waals surface area (Å²) in [6.07, 6.45) is 1.09. The Hall–Kier alpha value is -1.57. The van der Waals surface area contributed by atoms with Crippen molar-refractivity contribution in [2.75, 3.05) is 22.9 Å². The van der Waals surface area contributed by atoms with Gasteiger partial charge in [-0.25, -0.2) is 8.42 Å². The van der Waals surface area contributed by atoms with Crippen molar-refractivity contribution in [3.05, 3.63) is 57.5 Å². The molecule has 0 aliphatic carbocycles. The van der Waals surface area contributed by atoms with Gasteiger partial charge in [-0.15, -0.1) is 0 Å². The van der Waals surface area contributed by atoms with Crippen LogP contribution < -0.4 is 9.62 Å². The third-order valence-electron chi connectivity index (χ3n) is 3.14. The highest BCUT2D eigenvalue weighted by Crippen LogP contribution is 2.25. The van der Waals surface area contributed by atoms with E-state index in [1.165, 1.54) is 19.2 Å². The van der Waals surface area contributed by atoms with Crippen LogP contribution in [0.15, 0.2) is 46.9 Å². The van der Waals surface area contributed by atoms with Crippen molar-refractivity contribution >= 4 is 54.8 Å². The van der Waals surface area contributed by atoms with Gasteiger partial charge in [-0.05, 0) is 36.4 Å². The van der Waals surface area contributed by atoms with E-state index in [4.69, 9.17) is 11.6 Å². The van der Waals surface area contributed by atoms with Crippen molar-refractivity contribution in [1.82, 2.24) is 0 Å². The number of hydrogen-bond donors (Lipinski definition) is 1. The van der Waals surface area contributed by atoms with Gasteiger partial charge in [0.05, 0.1) is 22.5 Å². The van der Waals surface area contributed by atoms with E-state index in [-0.39, 0.29) is 10.6 Å². The first-order valence-electron chi connectivity index (χ1n) is 6.49. The van der Waals surface area contributed by atoms with Crippen molar-refractivity contribution < 1.29 is 13.2 Å². The number of anilines is 2. The van der Waals surface area contributed by atoms with Gasteiger partial charge >= 0.3 is 0 Å². The summed E-state index contributed by atoms with van der Waals surface area (Å²) in [4.78, 5) is 12.4. The lowest BCUT2D eigenvalue weighted by Crippen LogP contribution is -2.25. The highest BCUT2D eigenvalue weighted by Gasteiger charge is 2.17. The number of nitrogens with one attached hydrogen (secondary N) is 1. The molecule has 0 fully saturated rings. The Bertz CT molecular complexity index is 856. The fraction of sp³-hybridized carbons (Fsp3) is 0.133. The second-order valence-corrected chi connectivity index (χ2v) is 8.20. The van der Waals surface area contributed by atoms with Crippen LogP contribution in [0.1, 0.15) is 10.4 Å². The van der Waals surface area contributed by atoms with Gasteiger partial charge in [0, 0.05) is 17.2 Å². The molecule has 1 amide bonds. The van der Waals surface area contributed by atoms with Crippen LogP contribution in [0.4, 0.5) is 11.4 Å². The number of hydrogen-bond acceptors (Lipinski definition) is 3. The third-order valence-corrected chi connectivity index (χ3v) is 5.17. The smallest absolute Gasteiger partial charge is 0.257 e.